The van der Waals surface area contributed by atoms with Crippen molar-refractivity contribution in [1.82, 2.24) is 10.6 Å². The Morgan fingerprint density at radius 1 is 1.25 bits per heavy atom. The van der Waals surface area contributed by atoms with E-state index in [1.165, 1.54) is 25.7 Å². The predicted molar refractivity (Wildman–Crippen MR) is 91.6 cm³/mol. The van der Waals surface area contributed by atoms with Crippen LogP contribution < -0.4 is 20.1 Å². The number of carbonyl (C=O) groups is 1. The summed E-state index contributed by atoms with van der Waals surface area (Å²) in [5, 5.41) is 7.06. The molecule has 1 saturated heterocycles. The first-order valence-electron chi connectivity index (χ1n) is 8.82. The topological polar surface area (TPSA) is 59.6 Å². The van der Waals surface area contributed by atoms with Gasteiger partial charge >= 0.3 is 0 Å². The largest absolute Gasteiger partial charge is 0.486 e. The number of amides is 1. The van der Waals surface area contributed by atoms with Gasteiger partial charge in [-0.3, -0.25) is 4.79 Å². The Balaban J connectivity index is 1.36. The highest BCUT2D eigenvalue weighted by Gasteiger charge is 2.38. The molecule has 2 aliphatic heterocycles. The van der Waals surface area contributed by atoms with Gasteiger partial charge < -0.3 is 20.1 Å². The summed E-state index contributed by atoms with van der Waals surface area (Å²) in [5.74, 6) is 2.00. The highest BCUT2D eigenvalue weighted by Crippen LogP contribution is 2.38. The Morgan fingerprint density at radius 3 is 2.96 bits per heavy atom. The molecule has 2 fully saturated rings. The Hall–Kier alpha value is -1.46. The van der Waals surface area contributed by atoms with Crippen molar-refractivity contribution in [2.24, 2.45) is 5.92 Å². The van der Waals surface area contributed by atoms with Gasteiger partial charge in [-0.2, -0.15) is 0 Å². The molecule has 0 bridgehead atoms. The molecule has 1 saturated carbocycles. The van der Waals surface area contributed by atoms with Gasteiger partial charge in [0.05, 0.1) is 11.1 Å². The smallest absolute Gasteiger partial charge is 0.237 e. The first-order valence-corrected chi connectivity index (χ1v) is 9.20. The summed E-state index contributed by atoms with van der Waals surface area (Å²) in [7, 11) is 0. The monoisotopic (exact) mass is 350 g/mol. The molecule has 5 nitrogen and oxygen atoms in total. The molecule has 1 amide bonds. The molecule has 0 spiro atoms. The van der Waals surface area contributed by atoms with Crippen LogP contribution in [0.4, 0.5) is 0 Å². The molecule has 0 aromatic heterocycles. The van der Waals surface area contributed by atoms with Gasteiger partial charge in [-0.05, 0) is 42.9 Å². The molecule has 3 unspecified atom stereocenters. The molecule has 2 heterocycles. The maximum Gasteiger partial charge on any atom is 0.237 e. The first-order chi connectivity index (χ1) is 11.7. The summed E-state index contributed by atoms with van der Waals surface area (Å²) in [6.45, 7) is 1.48. The SMILES string of the molecule is O=C(NCc1cc(Cl)c2c(c1)OCCO2)C1CC2CCCCC2N1. The van der Waals surface area contributed by atoms with Crippen LogP contribution in [0.5, 0.6) is 11.5 Å². The Kier molecular flexibility index (Phi) is 4.55. The van der Waals surface area contributed by atoms with Crippen molar-refractivity contribution in [2.75, 3.05) is 13.2 Å². The van der Waals surface area contributed by atoms with Crippen LogP contribution in [-0.2, 0) is 11.3 Å². The van der Waals surface area contributed by atoms with Crippen LogP contribution in [0.25, 0.3) is 0 Å². The lowest BCUT2D eigenvalue weighted by molar-refractivity contribution is -0.123. The first kappa shape index (κ1) is 16.0. The standard InChI is InChI=1S/C18H23ClN2O3/c19-13-7-11(8-16-17(13)24-6-5-23-16)10-20-18(22)15-9-12-3-1-2-4-14(12)21-15/h7-8,12,14-15,21H,1-6,9-10H2,(H,20,22). The van der Waals surface area contributed by atoms with Gasteiger partial charge in [0.2, 0.25) is 5.91 Å². The molecule has 3 aliphatic rings. The molecule has 24 heavy (non-hydrogen) atoms. The summed E-state index contributed by atoms with van der Waals surface area (Å²) < 4.78 is 11.1. The van der Waals surface area contributed by atoms with Crippen molar-refractivity contribution in [1.29, 1.82) is 0 Å². The maximum absolute atomic E-state index is 12.5. The lowest BCUT2D eigenvalue weighted by Gasteiger charge is -2.24. The third-order valence-corrected chi connectivity index (χ3v) is 5.58. The van der Waals surface area contributed by atoms with E-state index in [9.17, 15) is 4.79 Å². The van der Waals surface area contributed by atoms with E-state index in [1.807, 2.05) is 12.1 Å². The minimum atomic E-state index is -0.0641. The normalized spacial score (nSPS) is 28.3. The number of nitrogens with one attached hydrogen (secondary N) is 2. The summed E-state index contributed by atoms with van der Waals surface area (Å²) >= 11 is 6.24. The minimum Gasteiger partial charge on any atom is -0.486 e. The molecule has 2 N–H and O–H groups in total. The second kappa shape index (κ2) is 6.81. The van der Waals surface area contributed by atoms with Gasteiger partial charge in [0.15, 0.2) is 11.5 Å². The fourth-order valence-corrected chi connectivity index (χ4v) is 4.39. The van der Waals surface area contributed by atoms with Gasteiger partial charge in [-0.15, -0.1) is 0 Å². The highest BCUT2D eigenvalue weighted by atomic mass is 35.5. The molecular formula is C18H23ClN2O3. The molecule has 6 heteroatoms. The highest BCUT2D eigenvalue weighted by molar-refractivity contribution is 6.32. The zero-order chi connectivity index (χ0) is 16.5. The molecule has 130 valence electrons. The number of benzene rings is 1. The Morgan fingerprint density at radius 2 is 2.08 bits per heavy atom. The molecule has 1 aromatic carbocycles. The van der Waals surface area contributed by atoms with E-state index >= 15 is 0 Å². The van der Waals surface area contributed by atoms with Crippen molar-refractivity contribution in [3.05, 3.63) is 22.7 Å². The van der Waals surface area contributed by atoms with Gasteiger partial charge in [0.25, 0.3) is 0 Å². The van der Waals surface area contributed by atoms with Crippen molar-refractivity contribution in [2.45, 2.75) is 50.7 Å². The van der Waals surface area contributed by atoms with Gasteiger partial charge in [0.1, 0.15) is 13.2 Å². The second-order valence-corrected chi connectivity index (χ2v) is 7.33. The van der Waals surface area contributed by atoms with Crippen molar-refractivity contribution < 1.29 is 14.3 Å². The molecular weight excluding hydrogens is 328 g/mol. The third-order valence-electron chi connectivity index (χ3n) is 5.30. The number of halogens is 1. The molecule has 1 aliphatic carbocycles. The van der Waals surface area contributed by atoms with Crippen LogP contribution in [0.2, 0.25) is 5.02 Å². The van der Waals surface area contributed by atoms with Gasteiger partial charge in [-0.25, -0.2) is 0 Å². The minimum absolute atomic E-state index is 0.0641. The molecule has 0 radical (unpaired) electrons. The maximum atomic E-state index is 12.5. The lowest BCUT2D eigenvalue weighted by Crippen LogP contribution is -2.42. The lowest BCUT2D eigenvalue weighted by atomic mass is 9.85. The van der Waals surface area contributed by atoms with Crippen LogP contribution in [0.3, 0.4) is 0 Å². The zero-order valence-corrected chi connectivity index (χ0v) is 14.4. The molecule has 3 atom stereocenters. The average molecular weight is 351 g/mol. The molecule has 4 rings (SSSR count). The summed E-state index contributed by atoms with van der Waals surface area (Å²) in [6, 6.07) is 4.18. The van der Waals surface area contributed by atoms with Crippen molar-refractivity contribution >= 4 is 17.5 Å². The number of hydrogen-bond donors (Lipinski definition) is 2. The summed E-state index contributed by atoms with van der Waals surface area (Å²) in [5.41, 5.74) is 0.924. The summed E-state index contributed by atoms with van der Waals surface area (Å²) in [6.07, 6.45) is 5.98. The Labute approximate surface area is 147 Å². The van der Waals surface area contributed by atoms with Crippen LogP contribution in [-0.4, -0.2) is 31.2 Å². The van der Waals surface area contributed by atoms with E-state index in [0.717, 1.165) is 12.0 Å². The van der Waals surface area contributed by atoms with Gasteiger partial charge in [0, 0.05) is 12.6 Å². The number of ether oxygens (including phenoxy) is 2. The van der Waals surface area contributed by atoms with Crippen LogP contribution in [0.15, 0.2) is 12.1 Å². The predicted octanol–water partition coefficient (Wildman–Crippen LogP) is 2.65. The average Bonchev–Trinajstić information content (AvgIpc) is 3.04. The Bertz CT molecular complexity index is 623. The van der Waals surface area contributed by atoms with Crippen LogP contribution >= 0.6 is 11.6 Å². The number of carbonyl (C=O) groups excluding carboxylic acids is 1. The van der Waals surface area contributed by atoms with E-state index in [2.05, 4.69) is 10.6 Å². The molecule has 1 aromatic rings. The van der Waals surface area contributed by atoms with Crippen molar-refractivity contribution in [3.63, 3.8) is 0 Å². The number of fused-ring (bicyclic) bond motifs is 2. The quantitative estimate of drug-likeness (QED) is 0.879. The fraction of sp³-hybridized carbons (Fsp3) is 0.611. The van der Waals surface area contributed by atoms with Crippen LogP contribution in [0, 0.1) is 5.92 Å². The second-order valence-electron chi connectivity index (χ2n) is 6.93. The van der Waals surface area contributed by atoms with E-state index in [4.69, 9.17) is 21.1 Å². The number of hydrogen-bond acceptors (Lipinski definition) is 4. The van der Waals surface area contributed by atoms with E-state index in [-0.39, 0.29) is 11.9 Å². The van der Waals surface area contributed by atoms with Gasteiger partial charge in [-0.1, -0.05) is 24.4 Å². The third kappa shape index (κ3) is 3.20. The van der Waals surface area contributed by atoms with E-state index in [0.29, 0.717) is 48.2 Å². The zero-order valence-electron chi connectivity index (χ0n) is 13.6. The van der Waals surface area contributed by atoms with E-state index < -0.39 is 0 Å². The van der Waals surface area contributed by atoms with Crippen LogP contribution in [0.1, 0.15) is 37.7 Å². The summed E-state index contributed by atoms with van der Waals surface area (Å²) in [4.78, 5) is 12.5. The van der Waals surface area contributed by atoms with E-state index in [1.54, 1.807) is 0 Å². The van der Waals surface area contributed by atoms with Crippen molar-refractivity contribution in [3.8, 4) is 11.5 Å². The number of rotatable bonds is 3. The fourth-order valence-electron chi connectivity index (χ4n) is 4.10.